The van der Waals surface area contributed by atoms with Crippen LogP contribution < -0.4 is 5.32 Å². The molecule has 0 aromatic carbocycles. The molecule has 5 heteroatoms. The highest BCUT2D eigenvalue weighted by atomic mass is 16.6. The van der Waals surface area contributed by atoms with E-state index in [0.29, 0.717) is 5.92 Å². The number of hydrogen-bond donors (Lipinski definition) is 1. The largest absolute Gasteiger partial charge is 0.378 e. The average Bonchev–Trinajstić information content (AvgIpc) is 2.94. The maximum atomic E-state index is 6.05. The Balaban J connectivity index is 1.78. The van der Waals surface area contributed by atoms with Crippen molar-refractivity contribution < 1.29 is 9.47 Å². The molecule has 2 aliphatic heterocycles. The Labute approximate surface area is 126 Å². The molecule has 3 heterocycles. The second-order valence-corrected chi connectivity index (χ2v) is 6.20. The van der Waals surface area contributed by atoms with E-state index in [-0.39, 0.29) is 11.6 Å². The van der Waals surface area contributed by atoms with Crippen molar-refractivity contribution in [3.63, 3.8) is 0 Å². The van der Waals surface area contributed by atoms with E-state index >= 15 is 0 Å². The van der Waals surface area contributed by atoms with E-state index in [2.05, 4.69) is 22.2 Å². The molecule has 1 aromatic rings. The number of hydrogen-bond acceptors (Lipinski definition) is 5. The topological polar surface area (TPSA) is 56.3 Å². The minimum Gasteiger partial charge on any atom is -0.378 e. The molecule has 0 radical (unpaired) electrons. The fourth-order valence-electron chi connectivity index (χ4n) is 3.51. The van der Waals surface area contributed by atoms with Gasteiger partial charge >= 0.3 is 0 Å². The van der Waals surface area contributed by atoms with E-state index in [1.807, 2.05) is 19.3 Å². The lowest BCUT2D eigenvalue weighted by molar-refractivity contribution is -0.103. The van der Waals surface area contributed by atoms with Crippen molar-refractivity contribution in [2.75, 3.05) is 26.4 Å². The standard InChI is InChI=1S/C16H25N3O2/c1-3-17-15(14-10-18-12(2)9-19-14)13-4-6-21-16(8-13)5-7-20-11-16/h9-10,13,15,17H,3-8,11H2,1-2H3. The third-order valence-electron chi connectivity index (χ3n) is 4.61. The Morgan fingerprint density at radius 3 is 2.95 bits per heavy atom. The van der Waals surface area contributed by atoms with E-state index in [0.717, 1.165) is 57.0 Å². The monoisotopic (exact) mass is 291 g/mol. The lowest BCUT2D eigenvalue weighted by atomic mass is 9.80. The molecule has 2 saturated heterocycles. The van der Waals surface area contributed by atoms with Gasteiger partial charge < -0.3 is 14.8 Å². The van der Waals surface area contributed by atoms with Crippen molar-refractivity contribution in [2.45, 2.75) is 44.8 Å². The van der Waals surface area contributed by atoms with Crippen LogP contribution in [0, 0.1) is 12.8 Å². The minimum atomic E-state index is -0.0608. The van der Waals surface area contributed by atoms with Gasteiger partial charge in [0.05, 0.1) is 35.8 Å². The first kappa shape index (κ1) is 14.9. The summed E-state index contributed by atoms with van der Waals surface area (Å²) in [6.45, 7) is 7.42. The molecule has 1 spiro atoms. The molecule has 5 nitrogen and oxygen atoms in total. The summed E-state index contributed by atoms with van der Waals surface area (Å²) >= 11 is 0. The maximum absolute atomic E-state index is 6.05. The zero-order chi connectivity index (χ0) is 14.7. The molecule has 116 valence electrons. The average molecular weight is 291 g/mol. The first-order valence-electron chi connectivity index (χ1n) is 7.96. The van der Waals surface area contributed by atoms with Crippen molar-refractivity contribution in [3.8, 4) is 0 Å². The molecule has 3 unspecified atom stereocenters. The Hall–Kier alpha value is -1.04. The first-order valence-corrected chi connectivity index (χ1v) is 7.96. The molecule has 21 heavy (non-hydrogen) atoms. The molecule has 0 bridgehead atoms. The van der Waals surface area contributed by atoms with Crippen LogP contribution in [0.3, 0.4) is 0 Å². The maximum Gasteiger partial charge on any atom is 0.0940 e. The van der Waals surface area contributed by atoms with Gasteiger partial charge in [-0.15, -0.1) is 0 Å². The van der Waals surface area contributed by atoms with Gasteiger partial charge in [-0.3, -0.25) is 9.97 Å². The van der Waals surface area contributed by atoms with Crippen molar-refractivity contribution in [2.24, 2.45) is 5.92 Å². The Morgan fingerprint density at radius 1 is 1.38 bits per heavy atom. The number of aryl methyl sites for hydroxylation is 1. The molecule has 1 N–H and O–H groups in total. The van der Waals surface area contributed by atoms with Gasteiger partial charge in [0.2, 0.25) is 0 Å². The second-order valence-electron chi connectivity index (χ2n) is 6.20. The third kappa shape index (κ3) is 3.25. The van der Waals surface area contributed by atoms with Crippen molar-refractivity contribution >= 4 is 0 Å². The van der Waals surface area contributed by atoms with Gasteiger partial charge in [-0.25, -0.2) is 0 Å². The van der Waals surface area contributed by atoms with Crippen LogP contribution in [0.5, 0.6) is 0 Å². The Morgan fingerprint density at radius 2 is 2.29 bits per heavy atom. The molecule has 3 rings (SSSR count). The molecule has 3 atom stereocenters. The van der Waals surface area contributed by atoms with E-state index < -0.39 is 0 Å². The predicted octanol–water partition coefficient (Wildman–Crippen LogP) is 2.02. The molecular formula is C16H25N3O2. The SMILES string of the molecule is CCNC(c1cnc(C)cn1)C1CCOC2(CCOC2)C1. The number of aromatic nitrogens is 2. The minimum absolute atomic E-state index is 0.0608. The molecule has 1 aromatic heterocycles. The van der Waals surface area contributed by atoms with Crippen LogP contribution in [0.1, 0.15) is 43.6 Å². The summed E-state index contributed by atoms with van der Waals surface area (Å²) < 4.78 is 11.6. The first-order chi connectivity index (χ1) is 10.2. The van der Waals surface area contributed by atoms with Crippen LogP contribution in [0.15, 0.2) is 12.4 Å². The van der Waals surface area contributed by atoms with Gasteiger partial charge in [-0.1, -0.05) is 6.92 Å². The molecule has 0 aliphatic carbocycles. The van der Waals surface area contributed by atoms with E-state index in [1.54, 1.807) is 0 Å². The highest BCUT2D eigenvalue weighted by Gasteiger charge is 2.43. The van der Waals surface area contributed by atoms with Crippen molar-refractivity contribution in [1.29, 1.82) is 0 Å². The Bertz CT molecular complexity index is 457. The fraction of sp³-hybridized carbons (Fsp3) is 0.750. The van der Waals surface area contributed by atoms with Crippen molar-refractivity contribution in [1.82, 2.24) is 15.3 Å². The molecule has 0 amide bonds. The van der Waals surface area contributed by atoms with Crippen LogP contribution >= 0.6 is 0 Å². The van der Waals surface area contributed by atoms with Gasteiger partial charge in [-0.05, 0) is 32.2 Å². The van der Waals surface area contributed by atoms with Gasteiger partial charge in [0.15, 0.2) is 0 Å². The quantitative estimate of drug-likeness (QED) is 0.920. The number of nitrogens with one attached hydrogen (secondary N) is 1. The molecular weight excluding hydrogens is 266 g/mol. The summed E-state index contributed by atoms with van der Waals surface area (Å²) in [7, 11) is 0. The summed E-state index contributed by atoms with van der Waals surface area (Å²) in [4.78, 5) is 9.00. The summed E-state index contributed by atoms with van der Waals surface area (Å²) in [5.74, 6) is 0.525. The normalized spacial score (nSPS) is 30.7. The smallest absolute Gasteiger partial charge is 0.0940 e. The lowest BCUT2D eigenvalue weighted by Crippen LogP contribution is -2.44. The van der Waals surface area contributed by atoms with Crippen LogP contribution in [0.25, 0.3) is 0 Å². The summed E-state index contributed by atoms with van der Waals surface area (Å²) in [6, 6.07) is 0.254. The van der Waals surface area contributed by atoms with Crippen LogP contribution in [0.4, 0.5) is 0 Å². The van der Waals surface area contributed by atoms with Gasteiger partial charge in [0.1, 0.15) is 0 Å². The van der Waals surface area contributed by atoms with Gasteiger partial charge in [-0.2, -0.15) is 0 Å². The summed E-state index contributed by atoms with van der Waals surface area (Å²) in [5.41, 5.74) is 1.94. The fourth-order valence-corrected chi connectivity index (χ4v) is 3.51. The Kier molecular flexibility index (Phi) is 4.52. The third-order valence-corrected chi connectivity index (χ3v) is 4.61. The van der Waals surface area contributed by atoms with Crippen LogP contribution in [-0.2, 0) is 9.47 Å². The second kappa shape index (κ2) is 6.38. The van der Waals surface area contributed by atoms with Crippen molar-refractivity contribution in [3.05, 3.63) is 23.8 Å². The lowest BCUT2D eigenvalue weighted by Gasteiger charge is -2.40. The predicted molar refractivity (Wildman–Crippen MR) is 80.0 cm³/mol. The zero-order valence-electron chi connectivity index (χ0n) is 13.0. The van der Waals surface area contributed by atoms with E-state index in [4.69, 9.17) is 9.47 Å². The van der Waals surface area contributed by atoms with Gasteiger partial charge in [0.25, 0.3) is 0 Å². The molecule has 2 fully saturated rings. The zero-order valence-corrected chi connectivity index (χ0v) is 13.0. The van der Waals surface area contributed by atoms with Gasteiger partial charge in [0, 0.05) is 25.8 Å². The number of rotatable bonds is 4. The highest BCUT2D eigenvalue weighted by Crippen LogP contribution is 2.40. The van der Waals surface area contributed by atoms with Crippen LogP contribution in [-0.4, -0.2) is 41.9 Å². The number of ether oxygens (including phenoxy) is 2. The summed E-state index contributed by atoms with van der Waals surface area (Å²) in [6.07, 6.45) is 6.89. The molecule has 2 aliphatic rings. The van der Waals surface area contributed by atoms with E-state index in [9.17, 15) is 0 Å². The highest BCUT2D eigenvalue weighted by molar-refractivity contribution is 5.09. The van der Waals surface area contributed by atoms with Crippen LogP contribution in [0.2, 0.25) is 0 Å². The van der Waals surface area contributed by atoms with E-state index in [1.165, 1.54) is 0 Å². The number of nitrogens with zero attached hydrogens (tertiary/aromatic N) is 2. The molecule has 0 saturated carbocycles. The summed E-state index contributed by atoms with van der Waals surface area (Å²) in [5, 5.41) is 3.60.